The highest BCUT2D eigenvalue weighted by molar-refractivity contribution is 5.94. The van der Waals surface area contributed by atoms with Gasteiger partial charge in [0.25, 0.3) is 5.91 Å². The Hall–Kier alpha value is -1.85. The van der Waals surface area contributed by atoms with Crippen LogP contribution in [0.4, 0.5) is 4.39 Å². The van der Waals surface area contributed by atoms with Crippen LogP contribution in [-0.2, 0) is 11.8 Å². The lowest BCUT2D eigenvalue weighted by atomic mass is 10.1. The summed E-state index contributed by atoms with van der Waals surface area (Å²) in [6, 6.07) is 3.34. The molecule has 1 atom stereocenters. The quantitative estimate of drug-likeness (QED) is 0.826. The van der Waals surface area contributed by atoms with Crippen molar-refractivity contribution in [2.24, 2.45) is 7.05 Å². The predicted octanol–water partition coefficient (Wildman–Crippen LogP) is 0.664. The van der Waals surface area contributed by atoms with Crippen molar-refractivity contribution in [2.45, 2.75) is 12.1 Å². The molecule has 6 heteroatoms. The van der Waals surface area contributed by atoms with Gasteiger partial charge in [-0.2, -0.15) is 0 Å². The summed E-state index contributed by atoms with van der Waals surface area (Å²) < 4.78 is 15.4. The number of hydrogen-bond donors (Lipinski definition) is 1. The second kappa shape index (κ2) is 3.87. The number of halogens is 1. The first-order valence-corrected chi connectivity index (χ1v) is 5.27. The van der Waals surface area contributed by atoms with Gasteiger partial charge in [-0.05, 0) is 12.1 Å². The van der Waals surface area contributed by atoms with Crippen LogP contribution in [0.25, 0.3) is 0 Å². The maximum absolute atomic E-state index is 13.8. The Morgan fingerprint density at radius 2 is 2.24 bits per heavy atom. The zero-order valence-electron chi connectivity index (χ0n) is 9.39. The Bertz CT molecular complexity index is 471. The normalized spacial score (nSPS) is 24.0. The van der Waals surface area contributed by atoms with E-state index in [0.717, 1.165) is 0 Å². The Balaban J connectivity index is 2.15. The van der Waals surface area contributed by atoms with Gasteiger partial charge in [0.1, 0.15) is 5.69 Å². The van der Waals surface area contributed by atoms with Crippen molar-refractivity contribution in [1.82, 2.24) is 9.47 Å². The summed E-state index contributed by atoms with van der Waals surface area (Å²) in [6.45, 7) is -0.251. The molecule has 0 bridgehead atoms. The van der Waals surface area contributed by atoms with E-state index in [1.54, 1.807) is 29.9 Å². The van der Waals surface area contributed by atoms with Crippen LogP contribution in [0.3, 0.4) is 0 Å². The molecule has 92 valence electrons. The van der Waals surface area contributed by atoms with Crippen LogP contribution in [0.15, 0.2) is 18.3 Å². The SMILES string of the molecule is Cn1cccc1C(=O)N1CCC(F)(C(=O)O)C1. The molecule has 0 spiro atoms. The molecule has 1 aromatic heterocycles. The lowest BCUT2D eigenvalue weighted by Crippen LogP contribution is -2.39. The van der Waals surface area contributed by atoms with E-state index in [2.05, 4.69) is 0 Å². The Morgan fingerprint density at radius 1 is 1.53 bits per heavy atom. The molecule has 0 aliphatic carbocycles. The van der Waals surface area contributed by atoms with E-state index in [9.17, 15) is 14.0 Å². The molecule has 1 fully saturated rings. The van der Waals surface area contributed by atoms with E-state index in [4.69, 9.17) is 5.11 Å². The number of hydrogen-bond acceptors (Lipinski definition) is 2. The molecule has 0 aromatic carbocycles. The van der Waals surface area contributed by atoms with Gasteiger partial charge in [0.15, 0.2) is 0 Å². The van der Waals surface area contributed by atoms with Crippen LogP contribution in [-0.4, -0.2) is 45.2 Å². The highest BCUT2D eigenvalue weighted by Gasteiger charge is 2.47. The zero-order chi connectivity index (χ0) is 12.6. The summed E-state index contributed by atoms with van der Waals surface area (Å²) in [5.41, 5.74) is -1.87. The standard InChI is InChI=1S/C11H13FN2O3/c1-13-5-2-3-8(13)9(15)14-6-4-11(12,7-14)10(16)17/h2-3,5H,4,6-7H2,1H3,(H,16,17). The number of aromatic nitrogens is 1. The number of alkyl halides is 1. The van der Waals surface area contributed by atoms with Crippen LogP contribution < -0.4 is 0 Å². The number of carboxylic acids is 1. The number of aryl methyl sites for hydroxylation is 1. The fourth-order valence-electron chi connectivity index (χ4n) is 1.97. The molecule has 0 radical (unpaired) electrons. The van der Waals surface area contributed by atoms with Crippen LogP contribution in [0.5, 0.6) is 0 Å². The molecule has 2 heterocycles. The third-order valence-corrected chi connectivity index (χ3v) is 3.05. The molecule has 17 heavy (non-hydrogen) atoms. The van der Waals surface area contributed by atoms with Gasteiger partial charge in [0.2, 0.25) is 5.67 Å². The van der Waals surface area contributed by atoms with Crippen molar-refractivity contribution in [3.8, 4) is 0 Å². The van der Waals surface area contributed by atoms with Gasteiger partial charge in [-0.25, -0.2) is 9.18 Å². The number of amides is 1. The average molecular weight is 240 g/mol. The summed E-state index contributed by atoms with van der Waals surface area (Å²) in [7, 11) is 1.71. The molecule has 1 amide bonds. The van der Waals surface area contributed by atoms with E-state index in [1.807, 2.05) is 0 Å². The molecule has 1 saturated heterocycles. The summed E-state index contributed by atoms with van der Waals surface area (Å²) in [5.74, 6) is -1.84. The van der Waals surface area contributed by atoms with Crippen LogP contribution in [0.2, 0.25) is 0 Å². The molecule has 1 aliphatic heterocycles. The molecule has 1 aromatic rings. The Morgan fingerprint density at radius 3 is 2.71 bits per heavy atom. The van der Waals surface area contributed by atoms with Crippen LogP contribution >= 0.6 is 0 Å². The van der Waals surface area contributed by atoms with Gasteiger partial charge >= 0.3 is 5.97 Å². The largest absolute Gasteiger partial charge is 0.479 e. The minimum absolute atomic E-state index is 0.132. The highest BCUT2D eigenvalue weighted by atomic mass is 19.1. The smallest absolute Gasteiger partial charge is 0.343 e. The molecule has 5 nitrogen and oxygen atoms in total. The lowest BCUT2D eigenvalue weighted by molar-refractivity contribution is -0.149. The van der Waals surface area contributed by atoms with E-state index in [-0.39, 0.29) is 25.4 Å². The number of aliphatic carboxylic acids is 1. The molecule has 1 N–H and O–H groups in total. The summed E-state index contributed by atoms with van der Waals surface area (Å²) >= 11 is 0. The fourth-order valence-corrected chi connectivity index (χ4v) is 1.97. The molecular weight excluding hydrogens is 227 g/mol. The van der Waals surface area contributed by atoms with Gasteiger partial charge in [-0.3, -0.25) is 4.79 Å². The maximum Gasteiger partial charge on any atom is 0.343 e. The van der Waals surface area contributed by atoms with Gasteiger partial charge in [-0.1, -0.05) is 0 Å². The van der Waals surface area contributed by atoms with Crippen molar-refractivity contribution in [3.05, 3.63) is 24.0 Å². The van der Waals surface area contributed by atoms with Crippen LogP contribution in [0, 0.1) is 0 Å². The number of carbonyl (C=O) groups is 2. The van der Waals surface area contributed by atoms with Crippen molar-refractivity contribution in [3.63, 3.8) is 0 Å². The van der Waals surface area contributed by atoms with Crippen molar-refractivity contribution in [2.75, 3.05) is 13.1 Å². The summed E-state index contributed by atoms with van der Waals surface area (Å²) in [4.78, 5) is 24.0. The Kier molecular flexibility index (Phi) is 2.65. The second-order valence-corrected chi connectivity index (χ2v) is 4.25. The molecular formula is C11H13FN2O3. The van der Waals surface area contributed by atoms with Gasteiger partial charge < -0.3 is 14.6 Å². The minimum Gasteiger partial charge on any atom is -0.479 e. The second-order valence-electron chi connectivity index (χ2n) is 4.25. The van der Waals surface area contributed by atoms with E-state index < -0.39 is 11.6 Å². The first kappa shape index (κ1) is 11.6. The number of likely N-dealkylation sites (tertiary alicyclic amines) is 1. The van der Waals surface area contributed by atoms with E-state index in [0.29, 0.717) is 5.69 Å². The van der Waals surface area contributed by atoms with Crippen molar-refractivity contribution in [1.29, 1.82) is 0 Å². The first-order valence-electron chi connectivity index (χ1n) is 5.27. The van der Waals surface area contributed by atoms with Gasteiger partial charge in [0.05, 0.1) is 6.54 Å². The molecule has 0 saturated carbocycles. The molecule has 1 unspecified atom stereocenters. The number of carbonyl (C=O) groups excluding carboxylic acids is 1. The highest BCUT2D eigenvalue weighted by Crippen LogP contribution is 2.27. The van der Waals surface area contributed by atoms with E-state index >= 15 is 0 Å². The molecule has 1 aliphatic rings. The molecule has 2 rings (SSSR count). The minimum atomic E-state index is -2.30. The summed E-state index contributed by atoms with van der Waals surface area (Å²) in [5, 5.41) is 8.74. The van der Waals surface area contributed by atoms with Crippen LogP contribution in [0.1, 0.15) is 16.9 Å². The first-order chi connectivity index (χ1) is 7.94. The predicted molar refractivity (Wildman–Crippen MR) is 57.4 cm³/mol. The van der Waals surface area contributed by atoms with Crippen molar-refractivity contribution < 1.29 is 19.1 Å². The summed E-state index contributed by atoms with van der Waals surface area (Å²) in [6.07, 6.45) is 1.56. The number of rotatable bonds is 2. The third-order valence-electron chi connectivity index (χ3n) is 3.05. The lowest BCUT2D eigenvalue weighted by Gasteiger charge is -2.17. The third kappa shape index (κ3) is 1.90. The monoisotopic (exact) mass is 240 g/mol. The number of carboxylic acid groups (broad SMARTS) is 1. The maximum atomic E-state index is 13.8. The van der Waals surface area contributed by atoms with Gasteiger partial charge in [0, 0.05) is 26.2 Å². The van der Waals surface area contributed by atoms with E-state index in [1.165, 1.54) is 4.90 Å². The fraction of sp³-hybridized carbons (Fsp3) is 0.455. The topological polar surface area (TPSA) is 62.5 Å². The average Bonchev–Trinajstić information content (AvgIpc) is 2.85. The Labute approximate surface area is 97.4 Å². The van der Waals surface area contributed by atoms with Crippen molar-refractivity contribution >= 4 is 11.9 Å². The van der Waals surface area contributed by atoms with Gasteiger partial charge in [-0.15, -0.1) is 0 Å². The number of nitrogens with zero attached hydrogens (tertiary/aromatic N) is 2. The zero-order valence-corrected chi connectivity index (χ0v) is 9.39.